The number of hydrogen-bond acceptors (Lipinski definition) is 5. The van der Waals surface area contributed by atoms with Crippen molar-refractivity contribution < 1.29 is 23.5 Å². The molecule has 0 aliphatic carbocycles. The fraction of sp³-hybridized carbons (Fsp3) is 0.600. The Morgan fingerprint density at radius 3 is 2.67 bits per heavy atom. The maximum atomic E-state index is 13.5. The number of morpholine rings is 1. The van der Waals surface area contributed by atoms with Crippen LogP contribution in [0.5, 0.6) is 0 Å². The summed E-state index contributed by atoms with van der Waals surface area (Å²) in [5, 5.41) is 4.17. The zero-order valence-electron chi connectivity index (χ0n) is 15.4. The number of benzene rings is 1. The summed E-state index contributed by atoms with van der Waals surface area (Å²) in [6, 6.07) is 6.38. The van der Waals surface area contributed by atoms with Crippen molar-refractivity contribution in [3.63, 3.8) is 0 Å². The molecule has 146 valence electrons. The van der Waals surface area contributed by atoms with Crippen LogP contribution in [0.2, 0.25) is 0 Å². The Morgan fingerprint density at radius 1 is 1.19 bits per heavy atom. The quantitative estimate of drug-likeness (QED) is 0.810. The number of rotatable bonds is 4. The molecule has 1 atom stereocenters. The number of halogens is 1. The lowest BCUT2D eigenvalue weighted by Crippen LogP contribution is -2.51. The van der Waals surface area contributed by atoms with Gasteiger partial charge in [-0.25, -0.2) is 4.39 Å². The van der Waals surface area contributed by atoms with Crippen LogP contribution in [0.4, 0.5) is 4.39 Å². The number of oxime groups is 1. The molecule has 0 spiro atoms. The number of amides is 1. The average molecular weight is 376 g/mol. The average Bonchev–Trinajstić information content (AvgIpc) is 3.17. The minimum absolute atomic E-state index is 0.175. The van der Waals surface area contributed by atoms with Crippen LogP contribution in [0.25, 0.3) is 0 Å². The van der Waals surface area contributed by atoms with Crippen LogP contribution in [0.1, 0.15) is 31.2 Å². The van der Waals surface area contributed by atoms with Crippen molar-refractivity contribution in [3.8, 4) is 0 Å². The van der Waals surface area contributed by atoms with Crippen LogP contribution in [-0.4, -0.2) is 62.1 Å². The van der Waals surface area contributed by atoms with E-state index in [1.54, 1.807) is 6.07 Å². The standard InChI is InChI=1S/C20H25FN2O4/c21-16-3-1-2-15(12-16)18-13-17(27-22-18)14-20(4-8-25-9-5-20)19(24)23-6-10-26-11-7-23/h1-3,12,17H,4-11,13-14H2. The van der Waals surface area contributed by atoms with Crippen molar-refractivity contribution in [2.24, 2.45) is 10.6 Å². The normalized spacial score (nSPS) is 25.0. The van der Waals surface area contributed by atoms with E-state index in [0.717, 1.165) is 11.3 Å². The second-order valence-electron chi connectivity index (χ2n) is 7.48. The molecule has 2 saturated heterocycles. The van der Waals surface area contributed by atoms with Crippen LogP contribution in [0, 0.1) is 11.2 Å². The van der Waals surface area contributed by atoms with Crippen LogP contribution in [-0.2, 0) is 19.1 Å². The maximum absolute atomic E-state index is 13.5. The summed E-state index contributed by atoms with van der Waals surface area (Å²) in [4.78, 5) is 20.9. The molecule has 3 aliphatic rings. The van der Waals surface area contributed by atoms with E-state index in [9.17, 15) is 9.18 Å². The molecule has 0 radical (unpaired) electrons. The van der Waals surface area contributed by atoms with Crippen molar-refractivity contribution in [1.82, 2.24) is 4.90 Å². The first-order valence-corrected chi connectivity index (χ1v) is 9.60. The molecular formula is C20H25FN2O4. The molecule has 1 amide bonds. The van der Waals surface area contributed by atoms with Crippen molar-refractivity contribution in [2.75, 3.05) is 39.5 Å². The molecule has 0 aromatic heterocycles. The Hall–Kier alpha value is -1.99. The summed E-state index contributed by atoms with van der Waals surface area (Å²) in [5.74, 6) is -0.112. The molecule has 1 aromatic rings. The zero-order chi connectivity index (χ0) is 18.7. The lowest BCUT2D eigenvalue weighted by atomic mass is 9.73. The van der Waals surface area contributed by atoms with E-state index in [0.29, 0.717) is 65.2 Å². The summed E-state index contributed by atoms with van der Waals surface area (Å²) in [6.07, 6.45) is 2.40. The minimum Gasteiger partial charge on any atom is -0.392 e. The molecule has 0 saturated carbocycles. The Kier molecular flexibility index (Phi) is 5.41. The van der Waals surface area contributed by atoms with E-state index in [4.69, 9.17) is 14.3 Å². The molecular weight excluding hydrogens is 351 g/mol. The summed E-state index contributed by atoms with van der Waals surface area (Å²) < 4.78 is 24.4. The molecule has 3 aliphatic heterocycles. The number of hydrogen-bond donors (Lipinski definition) is 0. The smallest absolute Gasteiger partial charge is 0.229 e. The van der Waals surface area contributed by atoms with Gasteiger partial charge in [0.25, 0.3) is 0 Å². The molecule has 3 heterocycles. The first kappa shape index (κ1) is 18.4. The lowest BCUT2D eigenvalue weighted by molar-refractivity contribution is -0.155. The highest BCUT2D eigenvalue weighted by Crippen LogP contribution is 2.40. The van der Waals surface area contributed by atoms with Gasteiger partial charge in [0, 0.05) is 44.7 Å². The fourth-order valence-corrected chi connectivity index (χ4v) is 4.18. The van der Waals surface area contributed by atoms with Crippen LogP contribution in [0.3, 0.4) is 0 Å². The third-order valence-corrected chi connectivity index (χ3v) is 5.71. The van der Waals surface area contributed by atoms with Crippen molar-refractivity contribution in [2.45, 2.75) is 31.8 Å². The van der Waals surface area contributed by atoms with Crippen molar-refractivity contribution in [1.29, 1.82) is 0 Å². The Bertz CT molecular complexity index is 712. The van der Waals surface area contributed by atoms with Crippen LogP contribution >= 0.6 is 0 Å². The van der Waals surface area contributed by atoms with Gasteiger partial charge in [-0.2, -0.15) is 0 Å². The first-order valence-electron chi connectivity index (χ1n) is 9.60. The summed E-state index contributed by atoms with van der Waals surface area (Å²) >= 11 is 0. The van der Waals surface area contributed by atoms with Crippen molar-refractivity contribution in [3.05, 3.63) is 35.6 Å². The number of ether oxygens (including phenoxy) is 2. The second kappa shape index (κ2) is 7.94. The molecule has 2 fully saturated rings. The van der Waals surface area contributed by atoms with E-state index in [2.05, 4.69) is 5.16 Å². The lowest BCUT2D eigenvalue weighted by Gasteiger charge is -2.41. The van der Waals surface area contributed by atoms with Gasteiger partial charge in [0.1, 0.15) is 11.9 Å². The highest BCUT2D eigenvalue weighted by atomic mass is 19.1. The van der Waals surface area contributed by atoms with Crippen molar-refractivity contribution >= 4 is 11.6 Å². The first-order chi connectivity index (χ1) is 13.2. The predicted molar refractivity (Wildman–Crippen MR) is 96.9 cm³/mol. The van der Waals surface area contributed by atoms with Crippen LogP contribution in [0.15, 0.2) is 29.4 Å². The molecule has 7 heteroatoms. The van der Waals surface area contributed by atoms with E-state index >= 15 is 0 Å². The molecule has 1 aromatic carbocycles. The Morgan fingerprint density at radius 2 is 1.93 bits per heavy atom. The second-order valence-corrected chi connectivity index (χ2v) is 7.48. The van der Waals surface area contributed by atoms with Gasteiger partial charge in [-0.15, -0.1) is 0 Å². The third kappa shape index (κ3) is 3.99. The summed E-state index contributed by atoms with van der Waals surface area (Å²) in [6.45, 7) is 3.62. The molecule has 4 rings (SSSR count). The highest BCUT2D eigenvalue weighted by Gasteiger charge is 2.45. The Labute approximate surface area is 158 Å². The summed E-state index contributed by atoms with van der Waals surface area (Å²) in [7, 11) is 0. The highest BCUT2D eigenvalue weighted by molar-refractivity contribution is 6.01. The van der Waals surface area contributed by atoms with Gasteiger partial charge in [-0.05, 0) is 25.0 Å². The van der Waals surface area contributed by atoms with Gasteiger partial charge in [0.2, 0.25) is 5.91 Å². The van der Waals surface area contributed by atoms with Gasteiger partial charge in [0.05, 0.1) is 24.3 Å². The van der Waals surface area contributed by atoms with E-state index in [1.807, 2.05) is 11.0 Å². The molecule has 6 nitrogen and oxygen atoms in total. The molecule has 27 heavy (non-hydrogen) atoms. The maximum Gasteiger partial charge on any atom is 0.229 e. The van der Waals surface area contributed by atoms with Gasteiger partial charge in [-0.3, -0.25) is 4.79 Å². The largest absolute Gasteiger partial charge is 0.392 e. The third-order valence-electron chi connectivity index (χ3n) is 5.71. The summed E-state index contributed by atoms with van der Waals surface area (Å²) in [5.41, 5.74) is 0.992. The molecule has 0 bridgehead atoms. The predicted octanol–water partition coefficient (Wildman–Crippen LogP) is 2.36. The van der Waals surface area contributed by atoms with Crippen LogP contribution < -0.4 is 0 Å². The van der Waals surface area contributed by atoms with E-state index in [1.165, 1.54) is 12.1 Å². The minimum atomic E-state index is -0.479. The monoisotopic (exact) mass is 376 g/mol. The Balaban J connectivity index is 1.46. The SMILES string of the molecule is O=C(N1CCOCC1)C1(CC2CC(c3cccc(F)c3)=NO2)CCOCC1. The zero-order valence-corrected chi connectivity index (χ0v) is 15.4. The van der Waals surface area contributed by atoms with Gasteiger partial charge in [0.15, 0.2) is 0 Å². The fourth-order valence-electron chi connectivity index (χ4n) is 4.18. The molecule has 1 unspecified atom stereocenters. The topological polar surface area (TPSA) is 60.4 Å². The van der Waals surface area contributed by atoms with Gasteiger partial charge in [-0.1, -0.05) is 17.3 Å². The molecule has 0 N–H and O–H groups in total. The van der Waals surface area contributed by atoms with Gasteiger partial charge < -0.3 is 19.2 Å². The van der Waals surface area contributed by atoms with Gasteiger partial charge >= 0.3 is 0 Å². The number of nitrogens with zero attached hydrogens (tertiary/aromatic N) is 2. The number of carbonyl (C=O) groups excluding carboxylic acids is 1. The van der Waals surface area contributed by atoms with E-state index < -0.39 is 5.41 Å². The van der Waals surface area contributed by atoms with E-state index in [-0.39, 0.29) is 17.8 Å². The number of carbonyl (C=O) groups is 1.